The third kappa shape index (κ3) is 5.23. The average Bonchev–Trinajstić information content (AvgIpc) is 2.58. The number of phenols is 1. The van der Waals surface area contributed by atoms with Crippen LogP contribution in [0.1, 0.15) is 37.5 Å². The van der Waals surface area contributed by atoms with Crippen LogP contribution in [0.25, 0.3) is 17.2 Å². The van der Waals surface area contributed by atoms with E-state index in [2.05, 4.69) is 0 Å². The highest BCUT2D eigenvalue weighted by atomic mass is 16.5. The minimum absolute atomic E-state index is 0.0948. The first-order chi connectivity index (χ1) is 12.7. The number of carboxylic acid groups (broad SMARTS) is 1. The van der Waals surface area contributed by atoms with Crippen molar-refractivity contribution in [2.45, 2.75) is 34.6 Å². The van der Waals surface area contributed by atoms with Crippen molar-refractivity contribution in [1.82, 2.24) is 0 Å². The Balaban J connectivity index is 2.34. The molecular formula is C23H26O4. The molecule has 4 nitrogen and oxygen atoms in total. The molecule has 142 valence electrons. The van der Waals surface area contributed by atoms with E-state index in [0.29, 0.717) is 17.9 Å². The molecule has 0 saturated heterocycles. The third-order valence-electron chi connectivity index (χ3n) is 4.32. The number of carbonyl (C=O) groups is 1. The Morgan fingerprint density at radius 2 is 1.78 bits per heavy atom. The molecule has 0 atom stereocenters. The Morgan fingerprint density at radius 1 is 1.07 bits per heavy atom. The quantitative estimate of drug-likeness (QED) is 0.523. The topological polar surface area (TPSA) is 66.8 Å². The SMILES string of the molecule is CC(C)=CCOc1ccc(-c2cc(C)c(C=C(C)C(=O)O)cc2C)cc1O. The molecule has 4 heteroatoms. The van der Waals surface area contributed by atoms with Gasteiger partial charge in [0.05, 0.1) is 0 Å². The Hall–Kier alpha value is -3.01. The van der Waals surface area contributed by atoms with Crippen LogP contribution in [0.2, 0.25) is 0 Å². The minimum Gasteiger partial charge on any atom is -0.504 e. The van der Waals surface area contributed by atoms with Gasteiger partial charge in [0.15, 0.2) is 11.5 Å². The molecule has 0 aromatic heterocycles. The van der Waals surface area contributed by atoms with Crippen LogP contribution in [0.3, 0.4) is 0 Å². The summed E-state index contributed by atoms with van der Waals surface area (Å²) in [6, 6.07) is 9.35. The Labute approximate surface area is 160 Å². The third-order valence-corrected chi connectivity index (χ3v) is 4.32. The predicted molar refractivity (Wildman–Crippen MR) is 109 cm³/mol. The first-order valence-corrected chi connectivity index (χ1v) is 8.81. The van der Waals surface area contributed by atoms with Gasteiger partial charge in [0.1, 0.15) is 6.61 Å². The molecule has 0 amide bonds. The van der Waals surface area contributed by atoms with E-state index in [1.165, 1.54) is 0 Å². The highest BCUT2D eigenvalue weighted by Gasteiger charge is 2.10. The predicted octanol–water partition coefficient (Wildman–Crippen LogP) is 5.51. The minimum atomic E-state index is -0.926. The average molecular weight is 366 g/mol. The van der Waals surface area contributed by atoms with Crippen LogP contribution in [0, 0.1) is 13.8 Å². The summed E-state index contributed by atoms with van der Waals surface area (Å²) in [4.78, 5) is 11.1. The lowest BCUT2D eigenvalue weighted by Crippen LogP contribution is -1.97. The Morgan fingerprint density at radius 3 is 2.37 bits per heavy atom. The van der Waals surface area contributed by atoms with Gasteiger partial charge in [-0.3, -0.25) is 0 Å². The first kappa shape index (κ1) is 20.3. The maximum absolute atomic E-state index is 11.1. The molecule has 0 saturated carbocycles. The number of aryl methyl sites for hydroxylation is 2. The van der Waals surface area contributed by atoms with Crippen molar-refractivity contribution in [2.75, 3.05) is 6.61 Å². The van der Waals surface area contributed by atoms with Gasteiger partial charge in [-0.1, -0.05) is 23.8 Å². The molecule has 2 aromatic rings. The van der Waals surface area contributed by atoms with Gasteiger partial charge in [0.25, 0.3) is 0 Å². The van der Waals surface area contributed by atoms with Crippen LogP contribution in [0.4, 0.5) is 0 Å². The summed E-state index contributed by atoms with van der Waals surface area (Å²) >= 11 is 0. The van der Waals surface area contributed by atoms with Gasteiger partial charge in [0.2, 0.25) is 0 Å². The maximum Gasteiger partial charge on any atom is 0.331 e. The van der Waals surface area contributed by atoms with Crippen molar-refractivity contribution in [3.8, 4) is 22.6 Å². The number of phenolic OH excluding ortho intramolecular Hbond substituents is 1. The number of benzene rings is 2. The molecule has 2 rings (SSSR count). The summed E-state index contributed by atoms with van der Waals surface area (Å²) in [6.07, 6.45) is 3.62. The van der Waals surface area contributed by atoms with E-state index >= 15 is 0 Å². The fourth-order valence-electron chi connectivity index (χ4n) is 2.71. The standard InChI is InChI=1S/C23H26O4/c1-14(2)8-9-27-22-7-6-18(13-21(22)24)20-12-15(3)19(10-16(20)4)11-17(5)23(25)26/h6-8,10-13,24H,9H2,1-5H3,(H,25,26). The largest absolute Gasteiger partial charge is 0.504 e. The number of hydrogen-bond acceptors (Lipinski definition) is 3. The highest BCUT2D eigenvalue weighted by Crippen LogP contribution is 2.34. The number of ether oxygens (including phenoxy) is 1. The summed E-state index contributed by atoms with van der Waals surface area (Å²) in [6.45, 7) is 9.90. The van der Waals surface area contributed by atoms with Crippen LogP contribution in [-0.2, 0) is 4.79 Å². The van der Waals surface area contributed by atoms with Gasteiger partial charge in [0, 0.05) is 5.57 Å². The van der Waals surface area contributed by atoms with Crippen molar-refractivity contribution in [2.24, 2.45) is 0 Å². The number of aromatic hydroxyl groups is 1. The fraction of sp³-hybridized carbons (Fsp3) is 0.261. The van der Waals surface area contributed by atoms with E-state index in [0.717, 1.165) is 33.4 Å². The normalized spacial score (nSPS) is 11.2. The number of aliphatic carboxylic acids is 1. The molecule has 0 aliphatic heterocycles. The second-order valence-electron chi connectivity index (χ2n) is 6.93. The first-order valence-electron chi connectivity index (χ1n) is 8.81. The van der Waals surface area contributed by atoms with Crippen molar-refractivity contribution in [1.29, 1.82) is 0 Å². The highest BCUT2D eigenvalue weighted by molar-refractivity contribution is 5.92. The lowest BCUT2D eigenvalue weighted by Gasteiger charge is -2.13. The van der Waals surface area contributed by atoms with Crippen LogP contribution >= 0.6 is 0 Å². The van der Waals surface area contributed by atoms with E-state index in [1.54, 1.807) is 25.1 Å². The molecule has 0 bridgehead atoms. The molecule has 0 fully saturated rings. The van der Waals surface area contributed by atoms with Gasteiger partial charge in [-0.2, -0.15) is 0 Å². The molecule has 0 radical (unpaired) electrons. The van der Waals surface area contributed by atoms with Gasteiger partial charge >= 0.3 is 5.97 Å². The van der Waals surface area contributed by atoms with E-state index < -0.39 is 5.97 Å². The van der Waals surface area contributed by atoms with Crippen LogP contribution in [-0.4, -0.2) is 22.8 Å². The monoisotopic (exact) mass is 366 g/mol. The zero-order chi connectivity index (χ0) is 20.1. The summed E-state index contributed by atoms with van der Waals surface area (Å²) in [5.41, 5.74) is 6.17. The number of allylic oxidation sites excluding steroid dienone is 1. The zero-order valence-electron chi connectivity index (χ0n) is 16.5. The molecular weight excluding hydrogens is 340 g/mol. The molecule has 0 spiro atoms. The van der Waals surface area contributed by atoms with E-state index in [4.69, 9.17) is 9.84 Å². The van der Waals surface area contributed by atoms with Crippen LogP contribution in [0.15, 0.2) is 47.6 Å². The van der Waals surface area contributed by atoms with Gasteiger partial charge in [-0.15, -0.1) is 0 Å². The maximum atomic E-state index is 11.1. The number of hydrogen-bond donors (Lipinski definition) is 2. The van der Waals surface area contributed by atoms with Crippen molar-refractivity contribution in [3.63, 3.8) is 0 Å². The molecule has 2 aromatic carbocycles. The smallest absolute Gasteiger partial charge is 0.331 e. The van der Waals surface area contributed by atoms with E-state index in [1.807, 2.05) is 52.0 Å². The lowest BCUT2D eigenvalue weighted by atomic mass is 9.94. The van der Waals surface area contributed by atoms with Gasteiger partial charge < -0.3 is 14.9 Å². The zero-order valence-corrected chi connectivity index (χ0v) is 16.5. The summed E-state index contributed by atoms with van der Waals surface area (Å²) in [5, 5.41) is 19.4. The van der Waals surface area contributed by atoms with Crippen LogP contribution < -0.4 is 4.74 Å². The van der Waals surface area contributed by atoms with E-state index in [-0.39, 0.29) is 5.75 Å². The molecule has 27 heavy (non-hydrogen) atoms. The second kappa shape index (κ2) is 8.58. The molecule has 0 aliphatic rings. The molecule has 0 aliphatic carbocycles. The number of carboxylic acids is 1. The van der Waals surface area contributed by atoms with Crippen molar-refractivity contribution in [3.05, 3.63) is 64.2 Å². The van der Waals surface area contributed by atoms with E-state index in [9.17, 15) is 9.90 Å². The van der Waals surface area contributed by atoms with Crippen molar-refractivity contribution < 1.29 is 19.7 Å². The lowest BCUT2D eigenvalue weighted by molar-refractivity contribution is -0.132. The van der Waals surface area contributed by atoms with Gasteiger partial charge in [-0.25, -0.2) is 4.79 Å². The van der Waals surface area contributed by atoms with Crippen molar-refractivity contribution >= 4 is 12.0 Å². The number of rotatable bonds is 6. The Kier molecular flexibility index (Phi) is 6.45. The molecule has 2 N–H and O–H groups in total. The molecule has 0 heterocycles. The summed E-state index contributed by atoms with van der Waals surface area (Å²) in [7, 11) is 0. The van der Waals surface area contributed by atoms with Gasteiger partial charge in [-0.05, 0) is 86.7 Å². The fourth-order valence-corrected chi connectivity index (χ4v) is 2.71. The second-order valence-corrected chi connectivity index (χ2v) is 6.93. The van der Waals surface area contributed by atoms with Crippen LogP contribution in [0.5, 0.6) is 11.5 Å². The Bertz CT molecular complexity index is 916. The summed E-state index contributed by atoms with van der Waals surface area (Å²) < 4.78 is 5.59. The molecule has 0 unspecified atom stereocenters. The summed E-state index contributed by atoms with van der Waals surface area (Å²) in [5.74, 6) is -0.385.